The second-order valence-electron chi connectivity index (χ2n) is 6.67. The average Bonchev–Trinajstić information content (AvgIpc) is 3.36. The molecule has 0 saturated carbocycles. The highest BCUT2D eigenvalue weighted by molar-refractivity contribution is 9.10. The highest BCUT2D eigenvalue weighted by Gasteiger charge is 2.23. The molecular weight excluding hydrogens is 492 g/mol. The quantitative estimate of drug-likeness (QED) is 0.225. The summed E-state index contributed by atoms with van der Waals surface area (Å²) in [6.45, 7) is 3.54. The lowest BCUT2D eigenvalue weighted by molar-refractivity contribution is -0.114. The molecule has 6 nitrogen and oxygen atoms in total. The Bertz CT molecular complexity index is 1300. The minimum absolute atomic E-state index is 0.104. The van der Waals surface area contributed by atoms with Crippen LogP contribution in [0.2, 0.25) is 0 Å². The van der Waals surface area contributed by atoms with Crippen molar-refractivity contribution in [2.24, 2.45) is 0 Å². The number of hydrogen-bond donors (Lipinski definition) is 0. The van der Waals surface area contributed by atoms with Gasteiger partial charge in [-0.05, 0) is 43.7 Å². The van der Waals surface area contributed by atoms with Crippen LogP contribution in [-0.4, -0.2) is 18.4 Å². The van der Waals surface area contributed by atoms with Gasteiger partial charge in [-0.2, -0.15) is 10.5 Å². The van der Waals surface area contributed by atoms with Crippen LogP contribution in [0.5, 0.6) is 0 Å². The molecule has 0 fully saturated rings. The van der Waals surface area contributed by atoms with Crippen molar-refractivity contribution >= 4 is 45.1 Å². The van der Waals surface area contributed by atoms with Gasteiger partial charge in [0.05, 0.1) is 17.7 Å². The maximum Gasteiger partial charge on any atom is 0.348 e. The van der Waals surface area contributed by atoms with E-state index in [0.29, 0.717) is 26.8 Å². The number of carbonyl (C=O) groups excluding carboxylic acids is 2. The zero-order valence-corrected chi connectivity index (χ0v) is 19.7. The van der Waals surface area contributed by atoms with Gasteiger partial charge in [0.1, 0.15) is 28.5 Å². The van der Waals surface area contributed by atoms with Crippen molar-refractivity contribution in [3.8, 4) is 23.5 Å². The molecule has 0 N–H and O–H groups in total. The Morgan fingerprint density at radius 2 is 2.03 bits per heavy atom. The lowest BCUT2D eigenvalue weighted by atomic mass is 10.0. The Kier molecular flexibility index (Phi) is 7.42. The van der Waals surface area contributed by atoms with Crippen molar-refractivity contribution in [3.63, 3.8) is 0 Å². The number of furan rings is 1. The number of ketones is 1. The molecule has 0 atom stereocenters. The first-order chi connectivity index (χ1) is 15.4. The van der Waals surface area contributed by atoms with E-state index >= 15 is 0 Å². The van der Waals surface area contributed by atoms with Gasteiger partial charge >= 0.3 is 5.97 Å². The van der Waals surface area contributed by atoms with Crippen LogP contribution in [0.4, 0.5) is 0 Å². The van der Waals surface area contributed by atoms with Crippen molar-refractivity contribution in [2.45, 2.75) is 20.3 Å². The van der Waals surface area contributed by atoms with Gasteiger partial charge in [0, 0.05) is 27.4 Å². The third-order valence-electron chi connectivity index (χ3n) is 4.56. The van der Waals surface area contributed by atoms with E-state index in [9.17, 15) is 20.1 Å². The van der Waals surface area contributed by atoms with Crippen LogP contribution in [0, 0.1) is 29.6 Å². The number of nitrogens with zero attached hydrogens (tertiary/aromatic N) is 2. The first-order valence-corrected chi connectivity index (χ1v) is 11.2. The SMILES string of the molecule is CCOC(=O)c1sc(CC(=O)/C(C#N)=C/c2ccc(-c3cccc(Br)c3)o2)c(C#N)c1C. The largest absolute Gasteiger partial charge is 0.462 e. The highest BCUT2D eigenvalue weighted by atomic mass is 79.9. The number of benzene rings is 1. The summed E-state index contributed by atoms with van der Waals surface area (Å²) in [4.78, 5) is 25.6. The second-order valence-corrected chi connectivity index (χ2v) is 8.69. The minimum Gasteiger partial charge on any atom is -0.462 e. The smallest absolute Gasteiger partial charge is 0.348 e. The molecule has 0 aliphatic rings. The highest BCUT2D eigenvalue weighted by Crippen LogP contribution is 2.30. The predicted molar refractivity (Wildman–Crippen MR) is 124 cm³/mol. The van der Waals surface area contributed by atoms with Crippen LogP contribution in [0.25, 0.3) is 17.4 Å². The van der Waals surface area contributed by atoms with Gasteiger partial charge in [-0.15, -0.1) is 11.3 Å². The van der Waals surface area contributed by atoms with Gasteiger partial charge in [0.2, 0.25) is 0 Å². The van der Waals surface area contributed by atoms with Crippen LogP contribution < -0.4 is 0 Å². The number of esters is 1. The first kappa shape index (κ1) is 23.2. The predicted octanol–water partition coefficient (Wildman–Crippen LogP) is 5.85. The van der Waals surface area contributed by atoms with Gasteiger partial charge in [-0.1, -0.05) is 28.1 Å². The molecular formula is C24H17BrN2O4S. The van der Waals surface area contributed by atoms with Gasteiger partial charge < -0.3 is 9.15 Å². The first-order valence-electron chi connectivity index (χ1n) is 9.58. The summed E-state index contributed by atoms with van der Waals surface area (Å²) in [5.41, 5.74) is 1.49. The van der Waals surface area contributed by atoms with E-state index in [4.69, 9.17) is 9.15 Å². The maximum atomic E-state index is 12.8. The summed E-state index contributed by atoms with van der Waals surface area (Å²) in [5.74, 6) is -0.0417. The summed E-state index contributed by atoms with van der Waals surface area (Å²) in [5, 5.41) is 19.0. The molecule has 3 rings (SSSR count). The van der Waals surface area contributed by atoms with Crippen molar-refractivity contribution in [2.75, 3.05) is 6.61 Å². The van der Waals surface area contributed by atoms with E-state index in [1.807, 2.05) is 36.4 Å². The van der Waals surface area contributed by atoms with E-state index in [1.165, 1.54) is 6.08 Å². The molecule has 3 aromatic rings. The number of halogens is 1. The molecule has 0 spiro atoms. The van der Waals surface area contributed by atoms with Crippen LogP contribution in [0.3, 0.4) is 0 Å². The van der Waals surface area contributed by atoms with E-state index in [-0.39, 0.29) is 24.2 Å². The zero-order chi connectivity index (χ0) is 23.3. The molecule has 160 valence electrons. The topological polar surface area (TPSA) is 104 Å². The normalized spacial score (nSPS) is 11.0. The van der Waals surface area contributed by atoms with Crippen LogP contribution in [-0.2, 0) is 16.0 Å². The molecule has 32 heavy (non-hydrogen) atoms. The van der Waals surface area contributed by atoms with Crippen LogP contribution in [0.1, 0.15) is 38.4 Å². The Labute approximate surface area is 197 Å². The van der Waals surface area contributed by atoms with Crippen molar-refractivity contribution in [1.82, 2.24) is 0 Å². The standard InChI is InChI=1S/C24H17BrN2O4S/c1-3-30-24(29)23-14(2)19(13-27)22(32-23)11-20(28)16(12-26)10-18-7-8-21(31-18)15-5-4-6-17(25)9-15/h4-10H,3,11H2,1-2H3/b16-10+. The van der Waals surface area contributed by atoms with Crippen molar-refractivity contribution < 1.29 is 18.7 Å². The third kappa shape index (κ3) is 5.05. The number of carbonyl (C=O) groups is 2. The zero-order valence-electron chi connectivity index (χ0n) is 17.3. The van der Waals surface area contributed by atoms with Crippen molar-refractivity contribution in [1.29, 1.82) is 10.5 Å². The maximum absolute atomic E-state index is 12.8. The Hall–Kier alpha value is -3.46. The monoisotopic (exact) mass is 508 g/mol. The fourth-order valence-corrected chi connectivity index (χ4v) is 4.57. The fraction of sp³-hybridized carbons (Fsp3) is 0.167. The summed E-state index contributed by atoms with van der Waals surface area (Å²) in [6.07, 6.45) is 1.20. The lowest BCUT2D eigenvalue weighted by Gasteiger charge is -1.99. The Morgan fingerprint density at radius 1 is 1.25 bits per heavy atom. The number of allylic oxidation sites excluding steroid dienone is 1. The molecule has 8 heteroatoms. The molecule has 0 unspecified atom stereocenters. The number of hydrogen-bond acceptors (Lipinski definition) is 7. The molecule has 0 aliphatic heterocycles. The molecule has 2 aromatic heterocycles. The summed E-state index contributed by atoms with van der Waals surface area (Å²) in [7, 11) is 0. The molecule has 0 radical (unpaired) electrons. The summed E-state index contributed by atoms with van der Waals surface area (Å²) >= 11 is 4.45. The number of nitriles is 2. The second kappa shape index (κ2) is 10.2. The Balaban J connectivity index is 1.85. The number of ether oxygens (including phenoxy) is 1. The Morgan fingerprint density at radius 3 is 2.69 bits per heavy atom. The van der Waals surface area contributed by atoms with E-state index in [2.05, 4.69) is 15.9 Å². The molecule has 2 heterocycles. The lowest BCUT2D eigenvalue weighted by Crippen LogP contribution is -2.05. The number of rotatable bonds is 7. The van der Waals surface area contributed by atoms with Gasteiger partial charge in [0.25, 0.3) is 0 Å². The molecule has 0 aliphatic carbocycles. The summed E-state index contributed by atoms with van der Waals surface area (Å²) < 4.78 is 11.7. The van der Waals surface area contributed by atoms with Crippen LogP contribution in [0.15, 0.2) is 50.9 Å². The fourth-order valence-electron chi connectivity index (χ4n) is 3.02. The average molecular weight is 509 g/mol. The molecule has 0 bridgehead atoms. The summed E-state index contributed by atoms with van der Waals surface area (Å²) in [6, 6.07) is 14.9. The van der Waals surface area contributed by atoms with E-state index in [0.717, 1.165) is 21.4 Å². The number of Topliss-reactive ketones (excluding diaryl/α,β-unsaturated/α-hetero) is 1. The van der Waals surface area contributed by atoms with Gasteiger partial charge in [-0.3, -0.25) is 4.79 Å². The van der Waals surface area contributed by atoms with Gasteiger partial charge in [-0.25, -0.2) is 4.79 Å². The van der Waals surface area contributed by atoms with E-state index in [1.54, 1.807) is 26.0 Å². The van der Waals surface area contributed by atoms with Crippen LogP contribution >= 0.6 is 27.3 Å². The molecule has 1 aromatic carbocycles. The number of thiophene rings is 1. The minimum atomic E-state index is -0.531. The van der Waals surface area contributed by atoms with Gasteiger partial charge in [0.15, 0.2) is 5.78 Å². The molecule has 0 amide bonds. The van der Waals surface area contributed by atoms with E-state index < -0.39 is 11.8 Å². The van der Waals surface area contributed by atoms with Crippen molar-refractivity contribution in [3.05, 3.63) is 73.1 Å². The third-order valence-corrected chi connectivity index (χ3v) is 6.32. The molecule has 0 saturated heterocycles.